The third-order valence-electron chi connectivity index (χ3n) is 22.8. The Kier molecular flexibility index (Phi) is 53.7. The molecule has 0 radical (unpaired) electrons. The summed E-state index contributed by atoms with van der Waals surface area (Å²) in [5.74, 6) is 50.8. The van der Waals surface area contributed by atoms with Crippen LogP contribution >= 0.6 is 0 Å². The maximum absolute atomic E-state index is 13.1. The summed E-state index contributed by atoms with van der Waals surface area (Å²) < 4.78 is 55.2. The number of morpholine rings is 1. The second kappa shape index (κ2) is 58.2. The Morgan fingerprint density at radius 3 is 1.26 bits per heavy atom. The van der Waals surface area contributed by atoms with Gasteiger partial charge in [-0.05, 0) is 319 Å². The van der Waals surface area contributed by atoms with Crippen LogP contribution in [0.4, 0.5) is 4.39 Å². The molecule has 20 nitrogen and oxygen atoms in total. The average molecular weight is 1990 g/mol. The van der Waals surface area contributed by atoms with E-state index in [9.17, 15) is 34.4 Å². The van der Waals surface area contributed by atoms with E-state index in [1.165, 1.54) is 19.3 Å². The Labute approximate surface area is 870 Å². The van der Waals surface area contributed by atoms with Crippen molar-refractivity contribution in [1.82, 2.24) is 25.0 Å². The van der Waals surface area contributed by atoms with Gasteiger partial charge in [-0.2, -0.15) is 0 Å². The molecular formula is C122H198FN5O15. The van der Waals surface area contributed by atoms with Crippen molar-refractivity contribution in [2.45, 2.75) is 384 Å². The third-order valence-corrected chi connectivity index (χ3v) is 22.8. The summed E-state index contributed by atoms with van der Waals surface area (Å²) in [6.07, 6.45) is 15.9. The number of ether oxygens (including phenoxy) is 8. The van der Waals surface area contributed by atoms with Gasteiger partial charge in [-0.25, -0.2) is 4.39 Å². The van der Waals surface area contributed by atoms with Crippen LogP contribution in [0.15, 0.2) is 48.7 Å². The fourth-order valence-corrected chi connectivity index (χ4v) is 12.9. The number of carbonyl (C=O) groups excluding carboxylic acids is 2. The summed E-state index contributed by atoms with van der Waals surface area (Å²) in [7, 11) is 3.76. The fourth-order valence-electron chi connectivity index (χ4n) is 12.9. The van der Waals surface area contributed by atoms with E-state index in [0.29, 0.717) is 86.8 Å². The standard InChI is InChI=1S/C23H26N2O3.C18H29NO4.C12H21NO.C11H19NO.C10H16O2.C10H16O.C10H20O.C10H18O.C9H13FO.C9H20/c1-22(2,3)10-11-23(27)12-15-25(16-13-23)21(26)20-17-19(9-14-24-20)28-18-7-5-4-6-8-18;1-17(2,3)7-8-18(14-22-15-18)23-16(20)6-4-5-9-19-10-12-21-13-11-19;1-11(2,3)5-6-12(14)7-9-13(4)10-8-12;1-10(2,3)4-5-11(13)6-8-12-9-7-11;1-9(2,3)5-6-10(11-4)7-12-8-10;1-9(2,3)5-6-10(4)7-11-8-10;1-9(2,3)7-8-10(11)5-4-6-10;1-9(2,3)6-7-10(4,5)8-11;1-8(2,3)4-5-9(10)6-11-7-9;1-8(2)6-7-9(3,4)5/h4-9,14,17,27H,12-13,15-16H2,1-3H3;4-6,9-15H2,1-3H3;14H,7-10H2,1-4H3;12-13H,6-9H2,1-3H3;7-8H2,1-4H3;7-8H2,1-4H3;11H,4-8H2,1-3H3;11H,8H2,1-5H3;6-7H2,1-3H3;8H,6-7H2,1-5H3. The SMILES string of the molecule is CC(C)(C)C#CC(C)(C)CO.CC(C)(C)C#CC1(C)COC1.CC(C)(C)C#CC1(F)COC1.CC(C)(C)C#CC1(O)CCN(C(=O)c2cc(Oc3ccccc3)ccn2)CC1.CC(C)(C)C#CC1(O)CCNCC1.CC(C)(C)C#CC1(OC(=O)CCCCN2CCOCC2)COC1.CC(C)(C)CCC1(O)CCC1.CC(C)CCC(C)(C)C.CN1CCC(O)(C#CC(C)(C)C)CC1.COC1(C#CC(C)(C)C)COC1. The number of alkyl halides is 1. The number of nitrogens with one attached hydrogen (secondary N) is 1. The van der Waals surface area contributed by atoms with E-state index in [4.69, 9.17) is 43.0 Å². The first kappa shape index (κ1) is 132. The number of pyridine rings is 1. The van der Waals surface area contributed by atoms with Crippen LogP contribution in [0, 0.1) is 166 Å². The lowest BCUT2D eigenvalue weighted by atomic mass is 9.74. The Balaban J connectivity index is 0.000000550. The number of carbonyl (C=O) groups is 2. The van der Waals surface area contributed by atoms with E-state index < -0.39 is 28.1 Å². The molecule has 1 aliphatic carbocycles. The van der Waals surface area contributed by atoms with E-state index in [1.807, 2.05) is 106 Å². The Morgan fingerprint density at radius 1 is 0.476 bits per heavy atom. The normalized spacial score (nSPS) is 19.3. The zero-order chi connectivity index (χ0) is 109. The lowest BCUT2D eigenvalue weighted by Crippen LogP contribution is -2.52. The first-order valence-corrected chi connectivity index (χ1v) is 52.5. The van der Waals surface area contributed by atoms with Crippen LogP contribution in [0.5, 0.6) is 11.5 Å². The van der Waals surface area contributed by atoms with Gasteiger partial charge in [0.2, 0.25) is 11.3 Å². The Bertz CT molecular complexity index is 4520. The number of rotatable bonds is 15. The van der Waals surface area contributed by atoms with Crippen LogP contribution in [-0.4, -0.2) is 242 Å². The topological polar surface area (TPSA) is 244 Å². The number of aliphatic hydroxyl groups is 5. The van der Waals surface area contributed by atoms with Gasteiger partial charge >= 0.3 is 5.97 Å². The number of esters is 1. The summed E-state index contributed by atoms with van der Waals surface area (Å²) >= 11 is 0. The van der Waals surface area contributed by atoms with Gasteiger partial charge in [-0.1, -0.05) is 169 Å². The van der Waals surface area contributed by atoms with Crippen molar-refractivity contribution in [2.24, 2.45) is 70.9 Å². The van der Waals surface area contributed by atoms with Crippen LogP contribution in [-0.2, 0) is 38.0 Å². The number of nitrogens with zero attached hydrogens (tertiary/aromatic N) is 4. The predicted octanol–water partition coefficient (Wildman–Crippen LogP) is 21.9. The minimum atomic E-state index is -1.35. The maximum atomic E-state index is 13.1. The molecule has 0 unspecified atom stereocenters. The number of hydrogen-bond acceptors (Lipinski definition) is 19. The second-order valence-corrected chi connectivity index (χ2v) is 52.5. The number of amides is 1. The molecule has 1 saturated carbocycles. The minimum absolute atomic E-state index is 0.0133. The third kappa shape index (κ3) is 64.7. The van der Waals surface area contributed by atoms with Gasteiger partial charge in [0.15, 0.2) is 5.60 Å². The van der Waals surface area contributed by atoms with E-state index >= 15 is 0 Å². The molecule has 1 amide bonds. The fraction of sp³-hybridized carbons (Fsp3) is 0.762. The summed E-state index contributed by atoms with van der Waals surface area (Å²) in [4.78, 5) is 35.4. The van der Waals surface area contributed by atoms with E-state index in [2.05, 4.69) is 288 Å². The van der Waals surface area contributed by atoms with Crippen molar-refractivity contribution < 1.29 is 77.4 Å². The smallest absolute Gasteiger partial charge is 0.307 e. The molecule has 21 heteroatoms. The number of unbranched alkanes of at least 4 members (excludes halogenated alkanes) is 1. The zero-order valence-corrected chi connectivity index (χ0v) is 96.6. The summed E-state index contributed by atoms with van der Waals surface area (Å²) in [5.41, 5.74) is -4.23. The zero-order valence-electron chi connectivity index (χ0n) is 96.6. The first-order valence-electron chi connectivity index (χ1n) is 52.5. The van der Waals surface area contributed by atoms with Crippen molar-refractivity contribution in [3.63, 3.8) is 0 Å². The number of halogens is 1. The molecule has 6 N–H and O–H groups in total. The molecule has 9 fully saturated rings. The highest BCUT2D eigenvalue weighted by Crippen LogP contribution is 2.39. The van der Waals surface area contributed by atoms with Gasteiger partial charge in [0.25, 0.3) is 5.91 Å². The number of likely N-dealkylation sites (tertiary alicyclic amines) is 2. The van der Waals surface area contributed by atoms with E-state index in [-0.39, 0.29) is 97.0 Å². The van der Waals surface area contributed by atoms with E-state index in [0.717, 1.165) is 142 Å². The molecule has 1 aromatic heterocycles. The van der Waals surface area contributed by atoms with Crippen molar-refractivity contribution in [3.05, 3.63) is 54.4 Å². The molecule has 0 atom stereocenters. The Morgan fingerprint density at radius 2 is 0.888 bits per heavy atom. The number of hydrogen-bond donors (Lipinski definition) is 6. The minimum Gasteiger partial charge on any atom is -0.457 e. The molecule has 9 heterocycles. The summed E-state index contributed by atoms with van der Waals surface area (Å²) in [5, 5.41) is 52.7. The number of para-hydroxylation sites is 1. The summed E-state index contributed by atoms with van der Waals surface area (Å²) in [6, 6.07) is 12.8. The first-order chi connectivity index (χ1) is 65.3. The van der Waals surface area contributed by atoms with Gasteiger partial charge in [-0.3, -0.25) is 19.5 Å². The lowest BCUT2D eigenvalue weighted by molar-refractivity contribution is -0.192. The number of aliphatic hydroxyl groups excluding tert-OH is 1. The molecular weight excluding hydrogens is 1790 g/mol. The van der Waals surface area contributed by atoms with Gasteiger partial charge in [0, 0.05) is 139 Å². The predicted molar refractivity (Wildman–Crippen MR) is 584 cm³/mol. The molecule has 0 bridgehead atoms. The van der Waals surface area contributed by atoms with Crippen molar-refractivity contribution >= 4 is 11.9 Å². The van der Waals surface area contributed by atoms with Gasteiger partial charge in [-0.15, -0.1) is 0 Å². The average Bonchev–Trinajstić information content (AvgIpc) is 0.821. The Hall–Kier alpha value is -7.04. The molecule has 11 rings (SSSR count). The molecule has 0 spiro atoms. The lowest BCUT2D eigenvalue weighted by Gasteiger charge is -2.38. The van der Waals surface area contributed by atoms with Crippen molar-refractivity contribution in [2.75, 3.05) is 146 Å². The quantitative estimate of drug-likeness (QED) is 0.0551. The van der Waals surface area contributed by atoms with Crippen LogP contribution < -0.4 is 10.1 Å². The second-order valence-electron chi connectivity index (χ2n) is 52.5. The molecule has 1 aromatic carbocycles. The molecule has 2 aromatic rings. The van der Waals surface area contributed by atoms with Crippen LogP contribution in [0.1, 0.15) is 356 Å². The van der Waals surface area contributed by atoms with Crippen molar-refractivity contribution in [3.8, 4) is 106 Å². The molecule has 143 heavy (non-hydrogen) atoms. The molecule has 808 valence electrons. The van der Waals surface area contributed by atoms with Crippen LogP contribution in [0.3, 0.4) is 0 Å². The van der Waals surface area contributed by atoms with Gasteiger partial charge in [0.1, 0.15) is 47.2 Å². The largest absolute Gasteiger partial charge is 0.457 e. The number of methoxy groups -OCH3 is 1. The molecule has 9 aliphatic rings. The number of aromatic nitrogens is 1. The number of benzene rings is 1. The highest BCUT2D eigenvalue weighted by atomic mass is 19.1. The van der Waals surface area contributed by atoms with Gasteiger partial charge in [0.05, 0.1) is 70.5 Å². The monoisotopic (exact) mass is 1990 g/mol. The van der Waals surface area contributed by atoms with Crippen molar-refractivity contribution in [1.29, 1.82) is 0 Å². The van der Waals surface area contributed by atoms with Crippen LogP contribution in [0.2, 0.25) is 0 Å². The summed E-state index contributed by atoms with van der Waals surface area (Å²) in [6.45, 7) is 86.6. The maximum Gasteiger partial charge on any atom is 0.307 e. The highest BCUT2D eigenvalue weighted by Gasteiger charge is 2.43. The highest BCUT2D eigenvalue weighted by molar-refractivity contribution is 5.92. The van der Waals surface area contributed by atoms with E-state index in [1.54, 1.807) is 30.3 Å². The van der Waals surface area contributed by atoms with Crippen LogP contribution in [0.25, 0.3) is 0 Å². The molecule has 8 saturated heterocycles. The van der Waals surface area contributed by atoms with Gasteiger partial charge < -0.3 is 78.5 Å². The molecule has 8 aliphatic heterocycles. The number of piperidine rings is 3.